The van der Waals surface area contributed by atoms with Crippen molar-refractivity contribution >= 4 is 5.91 Å². The number of nitrogens with zero attached hydrogens (tertiary/aromatic N) is 3. The summed E-state index contributed by atoms with van der Waals surface area (Å²) >= 11 is 0. The number of aromatic hydroxyl groups is 2. The highest BCUT2D eigenvalue weighted by Gasteiger charge is 2.22. The zero-order chi connectivity index (χ0) is 23.5. The lowest BCUT2D eigenvalue weighted by molar-refractivity contribution is 0.0782. The van der Waals surface area contributed by atoms with Gasteiger partial charge in [0.05, 0.1) is 17.5 Å². The number of hydrogen-bond donors (Lipinski definition) is 3. The number of phenols is 2. The minimum absolute atomic E-state index is 0.00295. The van der Waals surface area contributed by atoms with E-state index in [4.69, 9.17) is 5.73 Å². The van der Waals surface area contributed by atoms with Gasteiger partial charge in [0.25, 0.3) is 5.91 Å². The number of amides is 1. The average molecular weight is 446 g/mol. The number of aromatic nitrogens is 2. The summed E-state index contributed by atoms with van der Waals surface area (Å²) in [6.07, 6.45) is 1.46. The zero-order valence-corrected chi connectivity index (χ0v) is 17.9. The summed E-state index contributed by atoms with van der Waals surface area (Å²) in [7, 11) is 1.62. The first kappa shape index (κ1) is 22.0. The minimum atomic E-state index is -0.490. The van der Waals surface area contributed by atoms with Crippen molar-refractivity contribution in [1.82, 2.24) is 14.7 Å². The third kappa shape index (κ3) is 4.28. The van der Waals surface area contributed by atoms with Crippen molar-refractivity contribution in [2.75, 3.05) is 7.05 Å². The van der Waals surface area contributed by atoms with Crippen LogP contribution in [0.1, 0.15) is 21.5 Å². The first-order valence-electron chi connectivity index (χ1n) is 10.3. The van der Waals surface area contributed by atoms with Crippen molar-refractivity contribution in [3.05, 3.63) is 95.4 Å². The van der Waals surface area contributed by atoms with Crippen molar-refractivity contribution in [2.45, 2.75) is 13.1 Å². The Kier molecular flexibility index (Phi) is 6.10. The molecule has 4 aromatic rings. The Labute approximate surface area is 190 Å². The number of halogens is 1. The molecule has 0 atom stereocenters. The summed E-state index contributed by atoms with van der Waals surface area (Å²) in [6, 6.07) is 17.7. The molecule has 0 radical (unpaired) electrons. The summed E-state index contributed by atoms with van der Waals surface area (Å²) in [4.78, 5) is 14.6. The van der Waals surface area contributed by atoms with Crippen molar-refractivity contribution in [1.29, 1.82) is 0 Å². The third-order valence-corrected chi connectivity index (χ3v) is 5.44. The summed E-state index contributed by atoms with van der Waals surface area (Å²) in [5.74, 6) is -1.57. The van der Waals surface area contributed by atoms with Crippen LogP contribution in [0.25, 0.3) is 16.9 Å². The van der Waals surface area contributed by atoms with E-state index in [0.29, 0.717) is 12.2 Å². The molecule has 0 fully saturated rings. The second kappa shape index (κ2) is 9.13. The number of nitrogens with two attached hydrogens (primary N) is 1. The van der Waals surface area contributed by atoms with E-state index >= 15 is 0 Å². The number of rotatable bonds is 6. The van der Waals surface area contributed by atoms with Crippen molar-refractivity contribution < 1.29 is 19.4 Å². The van der Waals surface area contributed by atoms with Crippen LogP contribution >= 0.6 is 0 Å². The summed E-state index contributed by atoms with van der Waals surface area (Å²) in [5.41, 5.74) is 8.39. The van der Waals surface area contributed by atoms with Gasteiger partial charge >= 0.3 is 0 Å². The van der Waals surface area contributed by atoms with Crippen LogP contribution in [0, 0.1) is 5.82 Å². The van der Waals surface area contributed by atoms with E-state index in [9.17, 15) is 19.4 Å². The van der Waals surface area contributed by atoms with Crippen LogP contribution in [-0.4, -0.2) is 37.8 Å². The molecule has 0 bridgehead atoms. The predicted octanol–water partition coefficient (Wildman–Crippen LogP) is 3.82. The molecule has 0 spiro atoms. The van der Waals surface area contributed by atoms with E-state index in [2.05, 4.69) is 5.10 Å². The molecule has 0 aliphatic heterocycles. The van der Waals surface area contributed by atoms with Crippen molar-refractivity contribution in [3.63, 3.8) is 0 Å². The lowest BCUT2D eigenvalue weighted by Crippen LogP contribution is -2.27. The number of benzene rings is 3. The Balaban J connectivity index is 1.71. The Hall–Kier alpha value is -4.17. The molecule has 1 heterocycles. The van der Waals surface area contributed by atoms with E-state index < -0.39 is 11.7 Å². The van der Waals surface area contributed by atoms with Crippen LogP contribution in [0.4, 0.5) is 4.39 Å². The Morgan fingerprint density at radius 2 is 1.73 bits per heavy atom. The van der Waals surface area contributed by atoms with E-state index in [1.807, 2.05) is 24.3 Å². The van der Waals surface area contributed by atoms with Crippen LogP contribution in [0.2, 0.25) is 0 Å². The van der Waals surface area contributed by atoms with Gasteiger partial charge in [-0.2, -0.15) is 5.10 Å². The highest BCUT2D eigenvalue weighted by Crippen LogP contribution is 2.36. The lowest BCUT2D eigenvalue weighted by atomic mass is 10.0. The molecular formula is C25H23FN4O3. The maximum Gasteiger partial charge on any atom is 0.257 e. The van der Waals surface area contributed by atoms with Crippen molar-refractivity contribution in [3.8, 4) is 28.4 Å². The van der Waals surface area contributed by atoms with Crippen LogP contribution in [0.15, 0.2) is 72.9 Å². The standard InChI is InChI=1S/C25H23FN4O3/c1-29(15-17-7-3-2-6-16(17)14-27)25(33)19-12-18(23(31)13-24(19)32)21-10-11-28-30(21)22-9-5-4-8-20(22)26/h2-13,31-32H,14-15,27H2,1H3. The minimum Gasteiger partial charge on any atom is -0.507 e. The van der Waals surface area contributed by atoms with E-state index in [-0.39, 0.29) is 34.9 Å². The molecule has 3 aromatic carbocycles. The summed E-state index contributed by atoms with van der Waals surface area (Å²) < 4.78 is 15.7. The molecule has 33 heavy (non-hydrogen) atoms. The molecule has 7 nitrogen and oxygen atoms in total. The van der Waals surface area contributed by atoms with E-state index in [0.717, 1.165) is 17.2 Å². The van der Waals surface area contributed by atoms with Gasteiger partial charge < -0.3 is 20.8 Å². The fourth-order valence-electron chi connectivity index (χ4n) is 3.72. The maximum atomic E-state index is 14.4. The van der Waals surface area contributed by atoms with Gasteiger partial charge in [-0.25, -0.2) is 9.07 Å². The second-order valence-electron chi connectivity index (χ2n) is 7.60. The fourth-order valence-corrected chi connectivity index (χ4v) is 3.72. The molecule has 0 unspecified atom stereocenters. The van der Waals surface area contributed by atoms with Crippen molar-refractivity contribution in [2.24, 2.45) is 5.73 Å². The Morgan fingerprint density at radius 1 is 1.03 bits per heavy atom. The monoisotopic (exact) mass is 446 g/mol. The first-order chi connectivity index (χ1) is 15.9. The quantitative estimate of drug-likeness (QED) is 0.418. The number of phenolic OH excluding ortho intramolecular Hbond substituents is 2. The Morgan fingerprint density at radius 3 is 2.45 bits per heavy atom. The second-order valence-corrected chi connectivity index (χ2v) is 7.60. The van der Waals surface area contributed by atoms with Gasteiger partial charge in [-0.15, -0.1) is 0 Å². The van der Waals surface area contributed by atoms with Gasteiger partial charge in [0, 0.05) is 31.8 Å². The van der Waals surface area contributed by atoms with Gasteiger partial charge in [0.1, 0.15) is 23.0 Å². The van der Waals surface area contributed by atoms with Gasteiger partial charge in [-0.3, -0.25) is 4.79 Å². The SMILES string of the molecule is CN(Cc1ccccc1CN)C(=O)c1cc(-c2ccnn2-c2ccccc2F)c(O)cc1O. The molecule has 168 valence electrons. The molecule has 1 amide bonds. The molecule has 0 saturated carbocycles. The molecule has 0 aliphatic carbocycles. The molecule has 0 saturated heterocycles. The molecular weight excluding hydrogens is 423 g/mol. The number of para-hydroxylation sites is 1. The normalized spacial score (nSPS) is 10.9. The van der Waals surface area contributed by atoms with E-state index in [1.165, 1.54) is 27.9 Å². The van der Waals surface area contributed by atoms with Gasteiger partial charge in [-0.1, -0.05) is 36.4 Å². The maximum absolute atomic E-state index is 14.4. The van der Waals surface area contributed by atoms with Gasteiger partial charge in [0.15, 0.2) is 0 Å². The van der Waals surface area contributed by atoms with E-state index in [1.54, 1.807) is 31.3 Å². The zero-order valence-electron chi connectivity index (χ0n) is 17.9. The lowest BCUT2D eigenvalue weighted by Gasteiger charge is -2.20. The summed E-state index contributed by atoms with van der Waals surface area (Å²) in [6.45, 7) is 0.627. The average Bonchev–Trinajstić information content (AvgIpc) is 3.28. The topological polar surface area (TPSA) is 105 Å². The molecule has 4 rings (SSSR count). The van der Waals surface area contributed by atoms with Crippen LogP contribution in [0.3, 0.4) is 0 Å². The van der Waals surface area contributed by atoms with Crippen LogP contribution in [0.5, 0.6) is 11.5 Å². The Bertz CT molecular complexity index is 1320. The highest BCUT2D eigenvalue weighted by molar-refractivity contribution is 5.98. The number of hydrogen-bond acceptors (Lipinski definition) is 5. The fraction of sp³-hybridized carbons (Fsp3) is 0.120. The largest absolute Gasteiger partial charge is 0.507 e. The number of carbonyl (C=O) groups is 1. The number of carbonyl (C=O) groups excluding carboxylic acids is 1. The van der Waals surface area contributed by atoms with Crippen LogP contribution < -0.4 is 5.73 Å². The molecule has 8 heteroatoms. The highest BCUT2D eigenvalue weighted by atomic mass is 19.1. The molecule has 0 aliphatic rings. The smallest absolute Gasteiger partial charge is 0.257 e. The molecule has 1 aromatic heterocycles. The molecule has 4 N–H and O–H groups in total. The first-order valence-corrected chi connectivity index (χ1v) is 10.3. The van der Waals surface area contributed by atoms with Gasteiger partial charge in [0.2, 0.25) is 0 Å². The third-order valence-electron chi connectivity index (χ3n) is 5.44. The van der Waals surface area contributed by atoms with Crippen LogP contribution in [-0.2, 0) is 13.1 Å². The summed E-state index contributed by atoms with van der Waals surface area (Å²) in [5, 5.41) is 25.1. The van der Waals surface area contributed by atoms with Gasteiger partial charge in [-0.05, 0) is 35.4 Å². The predicted molar refractivity (Wildman–Crippen MR) is 122 cm³/mol.